The first kappa shape index (κ1) is 6.09. The Hall–Kier alpha value is -0.0400. The zero-order chi connectivity index (χ0) is 5.98. The molecule has 1 nitrogen and oxygen atoms in total. The molecule has 8 heavy (non-hydrogen) atoms. The van der Waals surface area contributed by atoms with Crippen LogP contribution >= 0.6 is 0 Å². The Labute approximate surface area is 50.7 Å². The average molecular weight is 114 g/mol. The third-order valence-corrected chi connectivity index (χ3v) is 1.91. The minimum Gasteiger partial charge on any atom is -0.393 e. The lowest BCUT2D eigenvalue weighted by atomic mass is 9.80. The molecule has 0 amide bonds. The van der Waals surface area contributed by atoms with Gasteiger partial charge in [0.05, 0.1) is 6.10 Å². The second-order valence-electron chi connectivity index (χ2n) is 2.78. The third-order valence-electron chi connectivity index (χ3n) is 1.91. The van der Waals surface area contributed by atoms with Crippen molar-refractivity contribution in [1.82, 2.24) is 0 Å². The van der Waals surface area contributed by atoms with Crippen LogP contribution < -0.4 is 0 Å². The van der Waals surface area contributed by atoms with Crippen molar-refractivity contribution in [2.75, 3.05) is 0 Å². The Morgan fingerprint density at radius 3 is 2.50 bits per heavy atom. The van der Waals surface area contributed by atoms with Gasteiger partial charge in [0.25, 0.3) is 0 Å². The molecule has 1 aliphatic carbocycles. The number of aliphatic hydroxyl groups is 1. The zero-order valence-corrected chi connectivity index (χ0v) is 5.43. The highest BCUT2D eigenvalue weighted by Gasteiger charge is 2.25. The van der Waals surface area contributed by atoms with E-state index in [0.29, 0.717) is 0 Å². The summed E-state index contributed by atoms with van der Waals surface area (Å²) in [5.74, 6) is 0.856. The van der Waals surface area contributed by atoms with E-state index in [2.05, 4.69) is 6.92 Å². The summed E-state index contributed by atoms with van der Waals surface area (Å²) in [5.41, 5.74) is 0. The van der Waals surface area contributed by atoms with Crippen molar-refractivity contribution in [1.29, 1.82) is 0 Å². The molecule has 1 rings (SSSR count). The van der Waals surface area contributed by atoms with Crippen molar-refractivity contribution in [3.05, 3.63) is 0 Å². The van der Waals surface area contributed by atoms with Crippen LogP contribution in [0, 0.1) is 5.92 Å². The smallest absolute Gasteiger partial charge is 0.0545 e. The Morgan fingerprint density at radius 1 is 1.50 bits per heavy atom. The standard InChI is InChI=1S/C7H14O/c1-2-3-6-4-7(8)5-6/h6-8H,2-5H2,1H3. The topological polar surface area (TPSA) is 20.2 Å². The SMILES string of the molecule is CCCC1CC(O)C1. The quantitative estimate of drug-likeness (QED) is 0.577. The van der Waals surface area contributed by atoms with E-state index >= 15 is 0 Å². The van der Waals surface area contributed by atoms with E-state index in [9.17, 15) is 0 Å². The van der Waals surface area contributed by atoms with Gasteiger partial charge in [-0.05, 0) is 18.8 Å². The van der Waals surface area contributed by atoms with Crippen LogP contribution in [0.25, 0.3) is 0 Å². The maximum absolute atomic E-state index is 8.84. The summed E-state index contributed by atoms with van der Waals surface area (Å²) < 4.78 is 0. The van der Waals surface area contributed by atoms with E-state index in [-0.39, 0.29) is 6.10 Å². The van der Waals surface area contributed by atoms with Gasteiger partial charge in [-0.15, -0.1) is 0 Å². The van der Waals surface area contributed by atoms with Crippen molar-refractivity contribution in [3.63, 3.8) is 0 Å². The Morgan fingerprint density at radius 2 is 2.12 bits per heavy atom. The first-order valence-corrected chi connectivity index (χ1v) is 3.51. The fourth-order valence-electron chi connectivity index (χ4n) is 1.34. The van der Waals surface area contributed by atoms with Gasteiger partial charge in [0.1, 0.15) is 0 Å². The summed E-state index contributed by atoms with van der Waals surface area (Å²) in [6.07, 6.45) is 4.77. The molecule has 1 fully saturated rings. The Kier molecular flexibility index (Phi) is 1.90. The van der Waals surface area contributed by atoms with Gasteiger partial charge in [-0.25, -0.2) is 0 Å². The first-order chi connectivity index (χ1) is 3.83. The number of rotatable bonds is 2. The van der Waals surface area contributed by atoms with Gasteiger partial charge in [0.15, 0.2) is 0 Å². The third kappa shape index (κ3) is 1.22. The van der Waals surface area contributed by atoms with Crippen LogP contribution in [0.15, 0.2) is 0 Å². The zero-order valence-electron chi connectivity index (χ0n) is 5.43. The molecule has 0 spiro atoms. The van der Waals surface area contributed by atoms with Crippen LogP contribution in [0.3, 0.4) is 0 Å². The monoisotopic (exact) mass is 114 g/mol. The maximum Gasteiger partial charge on any atom is 0.0545 e. The van der Waals surface area contributed by atoms with Gasteiger partial charge < -0.3 is 5.11 Å². The van der Waals surface area contributed by atoms with E-state index in [1.54, 1.807) is 0 Å². The minimum absolute atomic E-state index is 0.0477. The highest BCUT2D eigenvalue weighted by molar-refractivity contribution is 4.77. The summed E-state index contributed by atoms with van der Waals surface area (Å²) in [7, 11) is 0. The molecule has 0 heterocycles. The maximum atomic E-state index is 8.84. The average Bonchev–Trinajstić information content (AvgIpc) is 1.64. The van der Waals surface area contributed by atoms with Crippen LogP contribution in [0.1, 0.15) is 32.6 Å². The molecule has 1 heteroatoms. The summed E-state index contributed by atoms with van der Waals surface area (Å²) in [6.45, 7) is 2.20. The summed E-state index contributed by atoms with van der Waals surface area (Å²) >= 11 is 0. The van der Waals surface area contributed by atoms with Crippen LogP contribution in [0.2, 0.25) is 0 Å². The predicted octanol–water partition coefficient (Wildman–Crippen LogP) is 1.56. The van der Waals surface area contributed by atoms with Gasteiger partial charge in [-0.3, -0.25) is 0 Å². The molecule has 0 atom stereocenters. The van der Waals surface area contributed by atoms with E-state index in [1.807, 2.05) is 0 Å². The predicted molar refractivity (Wildman–Crippen MR) is 33.6 cm³/mol. The van der Waals surface area contributed by atoms with E-state index < -0.39 is 0 Å². The molecule has 0 aromatic heterocycles. The number of hydrogen-bond acceptors (Lipinski definition) is 1. The Bertz CT molecular complexity index is 62.0. The molecule has 48 valence electrons. The normalized spacial score (nSPS) is 36.8. The van der Waals surface area contributed by atoms with E-state index in [4.69, 9.17) is 5.11 Å². The fourth-order valence-corrected chi connectivity index (χ4v) is 1.34. The Balaban J connectivity index is 1.98. The molecule has 1 N–H and O–H groups in total. The number of hydrogen-bond donors (Lipinski definition) is 1. The highest BCUT2D eigenvalue weighted by Crippen LogP contribution is 2.30. The van der Waals surface area contributed by atoms with E-state index in [1.165, 1.54) is 12.8 Å². The van der Waals surface area contributed by atoms with Crippen LogP contribution in [-0.2, 0) is 0 Å². The van der Waals surface area contributed by atoms with Crippen LogP contribution in [0.5, 0.6) is 0 Å². The van der Waals surface area contributed by atoms with Gasteiger partial charge in [0, 0.05) is 0 Å². The van der Waals surface area contributed by atoms with Crippen molar-refractivity contribution >= 4 is 0 Å². The lowest BCUT2D eigenvalue weighted by Crippen LogP contribution is -2.27. The van der Waals surface area contributed by atoms with Gasteiger partial charge in [-0.1, -0.05) is 19.8 Å². The number of aliphatic hydroxyl groups excluding tert-OH is 1. The van der Waals surface area contributed by atoms with Crippen molar-refractivity contribution in [2.24, 2.45) is 5.92 Å². The molecule has 1 saturated carbocycles. The lowest BCUT2D eigenvalue weighted by molar-refractivity contribution is 0.0389. The second kappa shape index (κ2) is 2.49. The lowest BCUT2D eigenvalue weighted by Gasteiger charge is -2.30. The van der Waals surface area contributed by atoms with Crippen molar-refractivity contribution in [3.8, 4) is 0 Å². The fraction of sp³-hybridized carbons (Fsp3) is 1.00. The molecular weight excluding hydrogens is 100 g/mol. The molecule has 0 saturated heterocycles. The molecule has 0 aromatic rings. The molecule has 0 unspecified atom stereocenters. The molecule has 0 aliphatic heterocycles. The van der Waals surface area contributed by atoms with Crippen LogP contribution in [-0.4, -0.2) is 11.2 Å². The largest absolute Gasteiger partial charge is 0.393 e. The summed E-state index contributed by atoms with van der Waals surface area (Å²) in [4.78, 5) is 0. The van der Waals surface area contributed by atoms with Gasteiger partial charge in [0.2, 0.25) is 0 Å². The molecule has 0 aromatic carbocycles. The van der Waals surface area contributed by atoms with Gasteiger partial charge >= 0.3 is 0 Å². The molecule has 0 radical (unpaired) electrons. The second-order valence-corrected chi connectivity index (χ2v) is 2.78. The van der Waals surface area contributed by atoms with Crippen LogP contribution in [0.4, 0.5) is 0 Å². The van der Waals surface area contributed by atoms with E-state index in [0.717, 1.165) is 18.8 Å². The molecule has 0 bridgehead atoms. The minimum atomic E-state index is 0.0477. The summed E-state index contributed by atoms with van der Waals surface area (Å²) in [6, 6.07) is 0. The van der Waals surface area contributed by atoms with Crippen molar-refractivity contribution in [2.45, 2.75) is 38.7 Å². The van der Waals surface area contributed by atoms with Crippen molar-refractivity contribution < 1.29 is 5.11 Å². The van der Waals surface area contributed by atoms with Gasteiger partial charge in [-0.2, -0.15) is 0 Å². The summed E-state index contributed by atoms with van der Waals surface area (Å²) in [5, 5.41) is 8.84. The first-order valence-electron chi connectivity index (χ1n) is 3.51. The molecule has 1 aliphatic rings. The molecular formula is C7H14O. The highest BCUT2D eigenvalue weighted by atomic mass is 16.3.